The third-order valence-corrected chi connectivity index (χ3v) is 4.07. The first-order valence-electron chi connectivity index (χ1n) is 6.85. The Balaban J connectivity index is 1.83. The molecule has 0 radical (unpaired) electrons. The molecule has 16 heavy (non-hydrogen) atoms. The second-order valence-corrected chi connectivity index (χ2v) is 5.56. The Bertz CT molecular complexity index is 214. The van der Waals surface area contributed by atoms with Gasteiger partial charge in [-0.2, -0.15) is 0 Å². The zero-order valence-corrected chi connectivity index (χ0v) is 10.6. The smallest absolute Gasteiger partial charge is 0.0700 e. The van der Waals surface area contributed by atoms with Crippen molar-refractivity contribution in [2.24, 2.45) is 5.73 Å². The molecule has 2 N–H and O–H groups in total. The molecule has 1 saturated carbocycles. The van der Waals surface area contributed by atoms with E-state index in [0.29, 0.717) is 6.10 Å². The first-order chi connectivity index (χ1) is 7.72. The summed E-state index contributed by atoms with van der Waals surface area (Å²) < 4.78 is 5.70. The highest BCUT2D eigenvalue weighted by Gasteiger charge is 2.31. The number of hydrogen-bond acceptors (Lipinski definition) is 3. The average Bonchev–Trinajstić information content (AvgIpc) is 2.29. The fraction of sp³-hybridized carbons (Fsp3) is 1.00. The van der Waals surface area contributed by atoms with Gasteiger partial charge in [0.2, 0.25) is 0 Å². The van der Waals surface area contributed by atoms with Gasteiger partial charge in [-0.3, -0.25) is 4.90 Å². The average molecular weight is 226 g/mol. The molecule has 1 unspecified atom stereocenters. The summed E-state index contributed by atoms with van der Waals surface area (Å²) in [5.74, 6) is 0. The van der Waals surface area contributed by atoms with Gasteiger partial charge in [-0.15, -0.1) is 0 Å². The first kappa shape index (κ1) is 12.3. The number of hydrogen-bond donors (Lipinski definition) is 1. The van der Waals surface area contributed by atoms with Gasteiger partial charge in [-0.05, 0) is 19.3 Å². The van der Waals surface area contributed by atoms with Crippen molar-refractivity contribution in [2.75, 3.05) is 26.2 Å². The maximum absolute atomic E-state index is 6.49. The van der Waals surface area contributed by atoms with Crippen molar-refractivity contribution in [3.8, 4) is 0 Å². The lowest BCUT2D eigenvalue weighted by Crippen LogP contribution is -2.55. The van der Waals surface area contributed by atoms with Crippen molar-refractivity contribution in [1.29, 1.82) is 0 Å². The number of morpholine rings is 1. The van der Waals surface area contributed by atoms with Crippen LogP contribution in [0.2, 0.25) is 0 Å². The van der Waals surface area contributed by atoms with E-state index >= 15 is 0 Å². The van der Waals surface area contributed by atoms with Crippen molar-refractivity contribution in [3.63, 3.8) is 0 Å². The van der Waals surface area contributed by atoms with E-state index in [2.05, 4.69) is 11.8 Å². The molecule has 1 aliphatic heterocycles. The Morgan fingerprint density at radius 2 is 2.06 bits per heavy atom. The molecule has 2 rings (SSSR count). The molecule has 1 atom stereocenters. The van der Waals surface area contributed by atoms with Crippen LogP contribution >= 0.6 is 0 Å². The van der Waals surface area contributed by atoms with E-state index in [1.54, 1.807) is 0 Å². The zero-order valence-electron chi connectivity index (χ0n) is 10.6. The maximum Gasteiger partial charge on any atom is 0.0700 e. The van der Waals surface area contributed by atoms with E-state index in [9.17, 15) is 0 Å². The summed E-state index contributed by atoms with van der Waals surface area (Å²) in [5, 5.41) is 0. The van der Waals surface area contributed by atoms with E-state index in [-0.39, 0.29) is 5.54 Å². The van der Waals surface area contributed by atoms with Crippen LogP contribution in [0.5, 0.6) is 0 Å². The Morgan fingerprint density at radius 3 is 2.75 bits per heavy atom. The predicted molar refractivity (Wildman–Crippen MR) is 66.5 cm³/mol. The molecular formula is C13H26N2O. The summed E-state index contributed by atoms with van der Waals surface area (Å²) in [6.07, 6.45) is 7.98. The summed E-state index contributed by atoms with van der Waals surface area (Å²) in [6, 6.07) is 0. The lowest BCUT2D eigenvalue weighted by Gasteiger charge is -2.41. The van der Waals surface area contributed by atoms with Gasteiger partial charge < -0.3 is 10.5 Å². The third kappa shape index (κ3) is 3.19. The molecule has 2 fully saturated rings. The molecule has 94 valence electrons. The van der Waals surface area contributed by atoms with Crippen LogP contribution in [-0.4, -0.2) is 42.8 Å². The fourth-order valence-electron chi connectivity index (χ4n) is 3.03. The summed E-state index contributed by atoms with van der Waals surface area (Å²) in [5.41, 5.74) is 6.59. The molecule has 0 bridgehead atoms. The van der Waals surface area contributed by atoms with Crippen molar-refractivity contribution in [3.05, 3.63) is 0 Å². The van der Waals surface area contributed by atoms with E-state index in [1.165, 1.54) is 32.1 Å². The van der Waals surface area contributed by atoms with Gasteiger partial charge in [0.05, 0.1) is 12.7 Å². The molecule has 1 aliphatic carbocycles. The Kier molecular flexibility index (Phi) is 4.22. The van der Waals surface area contributed by atoms with E-state index in [1.807, 2.05) is 0 Å². The minimum absolute atomic E-state index is 0.0912. The van der Waals surface area contributed by atoms with Crippen molar-refractivity contribution < 1.29 is 4.74 Å². The Hall–Kier alpha value is -0.120. The minimum atomic E-state index is 0.0912. The topological polar surface area (TPSA) is 38.5 Å². The molecular weight excluding hydrogens is 200 g/mol. The minimum Gasteiger partial charge on any atom is -0.376 e. The van der Waals surface area contributed by atoms with Crippen LogP contribution in [0.1, 0.15) is 45.4 Å². The molecule has 3 heteroatoms. The summed E-state index contributed by atoms with van der Waals surface area (Å²) in [6.45, 7) is 6.30. The largest absolute Gasteiger partial charge is 0.376 e. The van der Waals surface area contributed by atoms with Crippen LogP contribution < -0.4 is 5.73 Å². The Morgan fingerprint density at radius 1 is 1.31 bits per heavy atom. The van der Waals surface area contributed by atoms with Gasteiger partial charge in [-0.1, -0.05) is 26.2 Å². The summed E-state index contributed by atoms with van der Waals surface area (Å²) in [4.78, 5) is 2.52. The van der Waals surface area contributed by atoms with Crippen molar-refractivity contribution in [2.45, 2.75) is 57.1 Å². The van der Waals surface area contributed by atoms with Crippen molar-refractivity contribution >= 4 is 0 Å². The predicted octanol–water partition coefficient (Wildman–Crippen LogP) is 1.76. The standard InChI is InChI=1S/C13H26N2O/c1-2-12-10-15(8-9-16-12)11-13(14)6-4-3-5-7-13/h12H,2-11,14H2,1H3. The third-order valence-electron chi connectivity index (χ3n) is 4.07. The highest BCUT2D eigenvalue weighted by Crippen LogP contribution is 2.27. The van der Waals surface area contributed by atoms with Crippen molar-refractivity contribution in [1.82, 2.24) is 4.90 Å². The highest BCUT2D eigenvalue weighted by atomic mass is 16.5. The van der Waals surface area contributed by atoms with Crippen LogP contribution in [0.4, 0.5) is 0 Å². The Labute approximate surface area is 99.3 Å². The maximum atomic E-state index is 6.49. The zero-order chi connectivity index (χ0) is 11.4. The number of rotatable bonds is 3. The monoisotopic (exact) mass is 226 g/mol. The molecule has 2 aliphatic rings. The van der Waals surface area contributed by atoms with Crippen LogP contribution in [-0.2, 0) is 4.74 Å². The molecule has 0 amide bonds. The molecule has 0 aromatic carbocycles. The molecule has 3 nitrogen and oxygen atoms in total. The molecule has 0 aromatic heterocycles. The second kappa shape index (κ2) is 5.48. The number of nitrogens with zero attached hydrogens (tertiary/aromatic N) is 1. The lowest BCUT2D eigenvalue weighted by atomic mass is 9.82. The SMILES string of the molecule is CCC1CN(CC2(N)CCCCC2)CCO1. The quantitative estimate of drug-likeness (QED) is 0.797. The van der Waals surface area contributed by atoms with Gasteiger partial charge in [-0.25, -0.2) is 0 Å². The fourth-order valence-corrected chi connectivity index (χ4v) is 3.03. The molecule has 0 aromatic rings. The lowest BCUT2D eigenvalue weighted by molar-refractivity contribution is -0.0376. The number of ether oxygens (including phenoxy) is 1. The summed E-state index contributed by atoms with van der Waals surface area (Å²) >= 11 is 0. The van der Waals surface area contributed by atoms with E-state index < -0.39 is 0 Å². The normalized spacial score (nSPS) is 31.5. The molecule has 0 spiro atoms. The molecule has 1 saturated heterocycles. The summed E-state index contributed by atoms with van der Waals surface area (Å²) in [7, 11) is 0. The van der Waals surface area contributed by atoms with Gasteiger partial charge in [0.25, 0.3) is 0 Å². The van der Waals surface area contributed by atoms with Crippen LogP contribution in [0, 0.1) is 0 Å². The molecule has 1 heterocycles. The van der Waals surface area contributed by atoms with Crippen LogP contribution in [0.3, 0.4) is 0 Å². The van der Waals surface area contributed by atoms with Gasteiger partial charge in [0.15, 0.2) is 0 Å². The van der Waals surface area contributed by atoms with E-state index in [0.717, 1.165) is 32.7 Å². The van der Waals surface area contributed by atoms with Gasteiger partial charge >= 0.3 is 0 Å². The first-order valence-corrected chi connectivity index (χ1v) is 6.85. The number of nitrogens with two attached hydrogens (primary N) is 1. The van der Waals surface area contributed by atoms with E-state index in [4.69, 9.17) is 10.5 Å². The highest BCUT2D eigenvalue weighted by molar-refractivity contribution is 4.91. The van der Waals surface area contributed by atoms with Crippen LogP contribution in [0.15, 0.2) is 0 Å². The van der Waals surface area contributed by atoms with Crippen LogP contribution in [0.25, 0.3) is 0 Å². The van der Waals surface area contributed by atoms with Gasteiger partial charge in [0, 0.05) is 25.2 Å². The van der Waals surface area contributed by atoms with Gasteiger partial charge in [0.1, 0.15) is 0 Å². The second-order valence-electron chi connectivity index (χ2n) is 5.56.